The average molecular weight is 594 g/mol. The molecule has 10 heteroatoms. The summed E-state index contributed by atoms with van der Waals surface area (Å²) in [6, 6.07) is 0. The number of carbonyl (C=O) groups is 2. The smallest absolute Gasteiger partial charge is 0.468 e. The van der Waals surface area contributed by atoms with Crippen molar-refractivity contribution in [3.8, 4) is 0 Å². The molecule has 0 spiro atoms. The Morgan fingerprint density at radius 1 is 0.750 bits per heavy atom. The van der Waals surface area contributed by atoms with Gasteiger partial charge in [0.15, 0.2) is 0 Å². The molecule has 0 aromatic rings. The number of phosphoric acid groups is 1. The first-order valence-corrected chi connectivity index (χ1v) is 17.6. The first kappa shape index (κ1) is 39.0. The van der Waals surface area contributed by atoms with Crippen LogP contribution in [-0.2, 0) is 28.2 Å². The molecule has 0 heterocycles. The lowest BCUT2D eigenvalue weighted by atomic mass is 10.0. The summed E-state index contributed by atoms with van der Waals surface area (Å²) in [5, 5.41) is 3.24. The van der Waals surface area contributed by atoms with Crippen molar-refractivity contribution in [1.82, 2.24) is 5.32 Å². The molecule has 0 aliphatic heterocycles. The van der Waals surface area contributed by atoms with Gasteiger partial charge in [-0.15, -0.1) is 0 Å². The summed E-state index contributed by atoms with van der Waals surface area (Å²) < 4.78 is 25.8. The van der Waals surface area contributed by atoms with E-state index in [0.717, 1.165) is 51.5 Å². The first-order valence-electron chi connectivity index (χ1n) is 16.0. The fourth-order valence-corrected chi connectivity index (χ4v) is 5.01. The van der Waals surface area contributed by atoms with E-state index in [-0.39, 0.29) is 12.6 Å². The molecule has 0 radical (unpaired) electrons. The van der Waals surface area contributed by atoms with Crippen LogP contribution < -0.4 is 5.32 Å². The Bertz CT molecular complexity index is 617. The molecule has 0 saturated heterocycles. The molecule has 0 rings (SSSR count). The SMILES string of the molecule is CCCCCCCCCCC(=O)O[C@@H](CNCCCCCCCCCCCCCCCOC=O)COP(=O)(O)O. The molecule has 238 valence electrons. The van der Waals surface area contributed by atoms with Gasteiger partial charge in [0.1, 0.15) is 6.10 Å². The first-order chi connectivity index (χ1) is 19.4. The van der Waals surface area contributed by atoms with Gasteiger partial charge in [-0.2, -0.15) is 0 Å². The highest BCUT2D eigenvalue weighted by molar-refractivity contribution is 7.46. The van der Waals surface area contributed by atoms with Crippen molar-refractivity contribution in [3.63, 3.8) is 0 Å². The number of esters is 1. The molecule has 3 N–H and O–H groups in total. The molecule has 1 atom stereocenters. The molecule has 0 saturated carbocycles. The molecular formula is C30H60NO8P. The Morgan fingerprint density at radius 2 is 1.23 bits per heavy atom. The van der Waals surface area contributed by atoms with E-state index < -0.39 is 13.9 Å². The van der Waals surface area contributed by atoms with Gasteiger partial charge in [-0.1, -0.05) is 122 Å². The molecule has 0 fully saturated rings. The molecule has 0 aromatic heterocycles. The number of ether oxygens (including phenoxy) is 2. The standard InChI is InChI=1S/C30H60NO8P/c1-2-3-4-5-6-14-17-20-23-30(33)39-29(27-38-40(34,35)36)26-31-24-21-18-15-12-10-8-7-9-11-13-16-19-22-25-37-28-32/h28-29,31H,2-27H2,1H3,(H2,34,35,36)/t29-/m0/s1. The van der Waals surface area contributed by atoms with Gasteiger partial charge in [-0.3, -0.25) is 14.1 Å². The number of unbranched alkanes of at least 4 members (excludes halogenated alkanes) is 19. The summed E-state index contributed by atoms with van der Waals surface area (Å²) in [4.78, 5) is 40.3. The predicted octanol–water partition coefficient (Wildman–Crippen LogP) is 7.37. The Hall–Kier alpha value is -0.990. The van der Waals surface area contributed by atoms with Crippen LogP contribution in [0.3, 0.4) is 0 Å². The fraction of sp³-hybridized carbons (Fsp3) is 0.933. The lowest BCUT2D eigenvalue weighted by Gasteiger charge is -2.19. The minimum atomic E-state index is -4.62. The van der Waals surface area contributed by atoms with Crippen molar-refractivity contribution in [2.45, 2.75) is 154 Å². The van der Waals surface area contributed by atoms with E-state index in [1.54, 1.807) is 0 Å². The topological polar surface area (TPSA) is 131 Å². The van der Waals surface area contributed by atoms with Crippen LogP contribution in [0.15, 0.2) is 0 Å². The van der Waals surface area contributed by atoms with Crippen LogP contribution in [0.25, 0.3) is 0 Å². The summed E-state index contributed by atoms with van der Waals surface area (Å²) in [7, 11) is -4.62. The molecular weight excluding hydrogens is 533 g/mol. The van der Waals surface area contributed by atoms with Gasteiger partial charge >= 0.3 is 13.8 Å². The fourth-order valence-electron chi connectivity index (χ4n) is 4.65. The Labute approximate surface area is 244 Å². The third-order valence-corrected chi connectivity index (χ3v) is 7.50. The van der Waals surface area contributed by atoms with Gasteiger partial charge in [-0.25, -0.2) is 4.57 Å². The van der Waals surface area contributed by atoms with Crippen molar-refractivity contribution < 1.29 is 37.9 Å². The minimum absolute atomic E-state index is 0.315. The quantitative estimate of drug-likeness (QED) is 0.0316. The summed E-state index contributed by atoms with van der Waals surface area (Å²) in [6.07, 6.45) is 24.3. The summed E-state index contributed by atoms with van der Waals surface area (Å²) in [5.74, 6) is -0.340. The normalized spacial score (nSPS) is 12.4. The summed E-state index contributed by atoms with van der Waals surface area (Å²) in [6.45, 7) is 4.02. The van der Waals surface area contributed by atoms with E-state index in [2.05, 4.69) is 16.8 Å². The van der Waals surface area contributed by atoms with Gasteiger partial charge in [0.25, 0.3) is 6.47 Å². The van der Waals surface area contributed by atoms with Crippen molar-refractivity contribution in [2.24, 2.45) is 0 Å². The molecule has 0 aromatic carbocycles. The Kier molecular flexibility index (Phi) is 28.8. The van der Waals surface area contributed by atoms with E-state index in [9.17, 15) is 14.2 Å². The van der Waals surface area contributed by atoms with Crippen LogP contribution in [0.5, 0.6) is 0 Å². The van der Waals surface area contributed by atoms with Crippen LogP contribution in [0.4, 0.5) is 0 Å². The van der Waals surface area contributed by atoms with E-state index >= 15 is 0 Å². The van der Waals surface area contributed by atoms with Gasteiger partial charge in [-0.05, 0) is 25.8 Å². The highest BCUT2D eigenvalue weighted by Gasteiger charge is 2.21. The molecule has 0 aliphatic rings. The molecule has 0 aliphatic carbocycles. The molecule has 40 heavy (non-hydrogen) atoms. The third-order valence-electron chi connectivity index (χ3n) is 7.02. The van der Waals surface area contributed by atoms with Gasteiger partial charge in [0.05, 0.1) is 13.2 Å². The average Bonchev–Trinajstić information content (AvgIpc) is 2.92. The van der Waals surface area contributed by atoms with Crippen LogP contribution in [-0.4, -0.2) is 54.6 Å². The zero-order valence-corrected chi connectivity index (χ0v) is 26.2. The second-order valence-corrected chi connectivity index (χ2v) is 12.1. The van der Waals surface area contributed by atoms with E-state index in [1.165, 1.54) is 89.9 Å². The maximum absolute atomic E-state index is 12.2. The number of hydrogen-bond donors (Lipinski definition) is 3. The maximum Gasteiger partial charge on any atom is 0.469 e. The highest BCUT2D eigenvalue weighted by atomic mass is 31.2. The number of nitrogens with one attached hydrogen (secondary N) is 1. The zero-order valence-electron chi connectivity index (χ0n) is 25.3. The summed E-state index contributed by atoms with van der Waals surface area (Å²) in [5.41, 5.74) is 0. The van der Waals surface area contributed by atoms with Crippen molar-refractivity contribution >= 4 is 20.3 Å². The monoisotopic (exact) mass is 593 g/mol. The molecule has 0 amide bonds. The predicted molar refractivity (Wildman–Crippen MR) is 160 cm³/mol. The third kappa shape index (κ3) is 31.5. The molecule has 9 nitrogen and oxygen atoms in total. The number of hydrogen-bond acceptors (Lipinski definition) is 7. The maximum atomic E-state index is 12.2. The van der Waals surface area contributed by atoms with Gasteiger partial charge < -0.3 is 24.6 Å². The van der Waals surface area contributed by atoms with Crippen molar-refractivity contribution in [1.29, 1.82) is 0 Å². The summed E-state index contributed by atoms with van der Waals surface area (Å²) >= 11 is 0. The highest BCUT2D eigenvalue weighted by Crippen LogP contribution is 2.35. The Balaban J connectivity index is 3.77. The number of rotatable bonds is 32. The van der Waals surface area contributed by atoms with E-state index in [0.29, 0.717) is 26.0 Å². The molecule has 0 unspecified atom stereocenters. The van der Waals surface area contributed by atoms with E-state index in [1.807, 2.05) is 0 Å². The number of carbonyl (C=O) groups excluding carboxylic acids is 2. The second kappa shape index (κ2) is 29.5. The van der Waals surface area contributed by atoms with Crippen LogP contribution in [0.1, 0.15) is 148 Å². The van der Waals surface area contributed by atoms with Crippen molar-refractivity contribution in [2.75, 3.05) is 26.3 Å². The van der Waals surface area contributed by atoms with Gasteiger partial charge in [0, 0.05) is 13.0 Å². The van der Waals surface area contributed by atoms with Crippen LogP contribution >= 0.6 is 7.82 Å². The lowest BCUT2D eigenvalue weighted by molar-refractivity contribution is -0.150. The minimum Gasteiger partial charge on any atom is -0.468 e. The van der Waals surface area contributed by atoms with Crippen LogP contribution in [0.2, 0.25) is 0 Å². The van der Waals surface area contributed by atoms with Crippen molar-refractivity contribution in [3.05, 3.63) is 0 Å². The van der Waals surface area contributed by atoms with Gasteiger partial charge in [0.2, 0.25) is 0 Å². The van der Waals surface area contributed by atoms with Crippen LogP contribution in [0, 0.1) is 0 Å². The Morgan fingerprint density at radius 3 is 1.73 bits per heavy atom. The van der Waals surface area contributed by atoms with E-state index in [4.69, 9.17) is 19.3 Å². The largest absolute Gasteiger partial charge is 0.469 e. The zero-order chi connectivity index (χ0) is 29.6. The molecule has 0 bridgehead atoms. The second-order valence-electron chi connectivity index (χ2n) is 10.9. The number of phosphoric ester groups is 1. The lowest BCUT2D eigenvalue weighted by Crippen LogP contribution is -2.35.